The quantitative estimate of drug-likeness (QED) is 0.517. The fraction of sp³-hybridized carbons (Fsp3) is 0.767. The Kier molecular flexibility index (Phi) is 5.86. The van der Waals surface area contributed by atoms with Crippen LogP contribution < -0.4 is 0 Å². The summed E-state index contributed by atoms with van der Waals surface area (Å²) in [5.74, 6) is 5.04. The van der Waals surface area contributed by atoms with Crippen molar-refractivity contribution in [3.05, 3.63) is 24.7 Å². The van der Waals surface area contributed by atoms with Crippen molar-refractivity contribution in [2.75, 3.05) is 13.7 Å². The molecule has 4 aliphatic carbocycles. The summed E-state index contributed by atoms with van der Waals surface area (Å²) in [5, 5.41) is 5.68. The first-order chi connectivity index (χ1) is 16.8. The van der Waals surface area contributed by atoms with Crippen molar-refractivity contribution >= 4 is 16.7 Å². The van der Waals surface area contributed by atoms with Crippen molar-refractivity contribution in [3.63, 3.8) is 0 Å². The average Bonchev–Trinajstić information content (AvgIpc) is 3.40. The maximum Gasteiger partial charge on any atom is 0.157 e. The fourth-order valence-corrected chi connectivity index (χ4v) is 9.82. The SMILES string of the molecule is COCC1CC2CC(C)CCC2(C)C2CCC3(C)C(C(=O)Cn4cc5ccncc5n4)CCC3C12. The summed E-state index contributed by atoms with van der Waals surface area (Å²) in [4.78, 5) is 17.9. The number of nitrogens with zero attached hydrogens (tertiary/aromatic N) is 3. The fourth-order valence-electron chi connectivity index (χ4n) is 9.82. The van der Waals surface area contributed by atoms with Crippen molar-refractivity contribution in [1.82, 2.24) is 14.8 Å². The topological polar surface area (TPSA) is 57.0 Å². The molecule has 4 aliphatic rings. The standard InChI is InChI=1S/C30H43N3O2/c1-19-7-10-29(2)22(13-19)14-21(18-35-4)28-24-6-5-23(30(24,3)11-8-25(28)29)27(34)17-33-16-20-9-12-31-15-26(20)32-33/h9,12,15-16,19,21-25,28H,5-8,10-11,13-14,17-18H2,1-4H3. The van der Waals surface area contributed by atoms with E-state index in [1.807, 2.05) is 24.1 Å². The van der Waals surface area contributed by atoms with Crippen LogP contribution in [0.5, 0.6) is 0 Å². The second-order valence-corrected chi connectivity index (χ2v) is 13.2. The molecule has 2 heterocycles. The van der Waals surface area contributed by atoms with Gasteiger partial charge in [-0.25, -0.2) is 0 Å². The highest BCUT2D eigenvalue weighted by Crippen LogP contribution is 2.69. The molecule has 2 aromatic heterocycles. The number of hydrogen-bond acceptors (Lipinski definition) is 4. The van der Waals surface area contributed by atoms with E-state index in [2.05, 4.69) is 30.9 Å². The number of methoxy groups -OCH3 is 1. The molecule has 5 nitrogen and oxygen atoms in total. The number of hydrogen-bond donors (Lipinski definition) is 0. The number of rotatable bonds is 5. The molecular weight excluding hydrogens is 434 g/mol. The number of carbonyl (C=O) groups is 1. The Bertz CT molecular complexity index is 1060. The Labute approximate surface area is 210 Å². The molecule has 9 atom stereocenters. The Morgan fingerprint density at radius 3 is 2.71 bits per heavy atom. The summed E-state index contributed by atoms with van der Waals surface area (Å²) < 4.78 is 7.70. The smallest absolute Gasteiger partial charge is 0.157 e. The molecule has 0 spiro atoms. The number of Topliss-reactive ketones (excluding diaryl/α,β-unsaturated/α-hetero) is 1. The molecule has 5 heteroatoms. The summed E-state index contributed by atoms with van der Waals surface area (Å²) in [5.41, 5.74) is 1.46. The van der Waals surface area contributed by atoms with Crippen LogP contribution in [0, 0.1) is 52.3 Å². The van der Waals surface area contributed by atoms with E-state index in [1.165, 1.54) is 44.9 Å². The first-order valence-corrected chi connectivity index (χ1v) is 14.1. The first kappa shape index (κ1) is 23.6. The lowest BCUT2D eigenvalue weighted by molar-refractivity contribution is -0.157. The highest BCUT2D eigenvalue weighted by atomic mass is 16.5. The minimum absolute atomic E-state index is 0.115. The van der Waals surface area contributed by atoms with Gasteiger partial charge in [-0.1, -0.05) is 27.2 Å². The largest absolute Gasteiger partial charge is 0.384 e. The second-order valence-electron chi connectivity index (χ2n) is 13.2. The number of carbonyl (C=O) groups excluding carboxylic acids is 1. The van der Waals surface area contributed by atoms with Gasteiger partial charge in [-0.3, -0.25) is 14.5 Å². The van der Waals surface area contributed by atoms with Crippen molar-refractivity contribution in [1.29, 1.82) is 0 Å². The molecular formula is C30H43N3O2. The van der Waals surface area contributed by atoms with Crippen molar-refractivity contribution in [3.8, 4) is 0 Å². The van der Waals surface area contributed by atoms with E-state index in [-0.39, 0.29) is 11.3 Å². The molecule has 190 valence electrons. The molecule has 35 heavy (non-hydrogen) atoms. The zero-order valence-electron chi connectivity index (χ0n) is 22.1. The van der Waals surface area contributed by atoms with Gasteiger partial charge in [0.15, 0.2) is 5.78 Å². The van der Waals surface area contributed by atoms with Crippen LogP contribution in [-0.4, -0.2) is 34.3 Å². The van der Waals surface area contributed by atoms with Crippen molar-refractivity contribution < 1.29 is 9.53 Å². The maximum absolute atomic E-state index is 13.7. The molecule has 9 unspecified atom stereocenters. The molecule has 4 fully saturated rings. The van der Waals surface area contributed by atoms with E-state index < -0.39 is 0 Å². The third kappa shape index (κ3) is 3.70. The minimum Gasteiger partial charge on any atom is -0.384 e. The second kappa shape index (κ2) is 8.68. The van der Waals surface area contributed by atoms with E-state index in [4.69, 9.17) is 4.74 Å². The molecule has 6 rings (SSSR count). The minimum atomic E-state index is 0.115. The van der Waals surface area contributed by atoms with Gasteiger partial charge < -0.3 is 4.74 Å². The van der Waals surface area contributed by atoms with E-state index >= 15 is 0 Å². The summed E-state index contributed by atoms with van der Waals surface area (Å²) in [6, 6.07) is 1.97. The van der Waals surface area contributed by atoms with Crippen LogP contribution in [0.1, 0.15) is 72.1 Å². The van der Waals surface area contributed by atoms with Crippen molar-refractivity contribution in [2.24, 2.45) is 52.3 Å². The van der Waals surface area contributed by atoms with E-state index in [0.29, 0.717) is 35.5 Å². The molecule has 0 aromatic carbocycles. The highest BCUT2D eigenvalue weighted by Gasteiger charge is 2.63. The number of ketones is 1. The zero-order valence-corrected chi connectivity index (χ0v) is 22.1. The molecule has 0 aliphatic heterocycles. The Morgan fingerprint density at radius 2 is 1.91 bits per heavy atom. The van der Waals surface area contributed by atoms with Crippen LogP contribution in [0.25, 0.3) is 10.9 Å². The summed E-state index contributed by atoms with van der Waals surface area (Å²) in [6.45, 7) is 8.84. The summed E-state index contributed by atoms with van der Waals surface area (Å²) in [6.07, 6.45) is 15.8. The Hall–Kier alpha value is -1.75. The van der Waals surface area contributed by atoms with Crippen LogP contribution in [0.3, 0.4) is 0 Å². The van der Waals surface area contributed by atoms with E-state index in [1.54, 1.807) is 12.4 Å². The van der Waals surface area contributed by atoms with Crippen LogP contribution in [0.2, 0.25) is 0 Å². The Morgan fingerprint density at radius 1 is 1.11 bits per heavy atom. The lowest BCUT2D eigenvalue weighted by atomic mass is 9.42. The van der Waals surface area contributed by atoms with Crippen LogP contribution in [-0.2, 0) is 16.1 Å². The van der Waals surface area contributed by atoms with Gasteiger partial charge in [-0.2, -0.15) is 5.10 Å². The van der Waals surface area contributed by atoms with Gasteiger partial charge in [-0.15, -0.1) is 0 Å². The van der Waals surface area contributed by atoms with Gasteiger partial charge in [0.2, 0.25) is 0 Å². The third-order valence-electron chi connectivity index (χ3n) is 11.6. The monoisotopic (exact) mass is 477 g/mol. The van der Waals surface area contributed by atoms with E-state index in [0.717, 1.165) is 41.7 Å². The Balaban J connectivity index is 1.26. The molecule has 0 amide bonds. The van der Waals surface area contributed by atoms with Gasteiger partial charge in [0.05, 0.1) is 12.7 Å². The maximum atomic E-state index is 13.7. The van der Waals surface area contributed by atoms with Crippen molar-refractivity contribution in [2.45, 2.75) is 78.7 Å². The molecule has 4 saturated carbocycles. The number of fused-ring (bicyclic) bond motifs is 6. The summed E-state index contributed by atoms with van der Waals surface area (Å²) >= 11 is 0. The van der Waals surface area contributed by atoms with E-state index in [9.17, 15) is 4.79 Å². The third-order valence-corrected chi connectivity index (χ3v) is 11.6. The number of aromatic nitrogens is 3. The lowest BCUT2D eigenvalue weighted by Crippen LogP contribution is -2.57. The average molecular weight is 478 g/mol. The predicted molar refractivity (Wildman–Crippen MR) is 138 cm³/mol. The van der Waals surface area contributed by atoms with Gasteiger partial charge in [0, 0.05) is 37.4 Å². The summed E-state index contributed by atoms with van der Waals surface area (Å²) in [7, 11) is 1.89. The van der Waals surface area contributed by atoms with Crippen LogP contribution >= 0.6 is 0 Å². The highest BCUT2D eigenvalue weighted by molar-refractivity contribution is 5.83. The lowest BCUT2D eigenvalue weighted by Gasteiger charge is -2.63. The number of pyridine rings is 1. The molecule has 0 saturated heterocycles. The zero-order chi connectivity index (χ0) is 24.4. The van der Waals surface area contributed by atoms with Crippen LogP contribution in [0.4, 0.5) is 0 Å². The molecule has 0 N–H and O–H groups in total. The van der Waals surface area contributed by atoms with Gasteiger partial charge in [0.25, 0.3) is 0 Å². The first-order valence-electron chi connectivity index (χ1n) is 14.1. The van der Waals surface area contributed by atoms with Gasteiger partial charge >= 0.3 is 0 Å². The van der Waals surface area contributed by atoms with Gasteiger partial charge in [-0.05, 0) is 97.3 Å². The molecule has 0 bridgehead atoms. The van der Waals surface area contributed by atoms with Crippen LogP contribution in [0.15, 0.2) is 24.7 Å². The normalized spacial score (nSPS) is 42.9. The molecule has 0 radical (unpaired) electrons. The number of ether oxygens (including phenoxy) is 1. The molecule has 2 aromatic rings. The van der Waals surface area contributed by atoms with Gasteiger partial charge in [0.1, 0.15) is 5.52 Å². The predicted octanol–water partition coefficient (Wildman–Crippen LogP) is 6.17.